The van der Waals surface area contributed by atoms with Crippen molar-refractivity contribution in [3.63, 3.8) is 0 Å². The highest BCUT2D eigenvalue weighted by Crippen LogP contribution is 2.03. The summed E-state index contributed by atoms with van der Waals surface area (Å²) in [4.78, 5) is 2.09. The fourth-order valence-corrected chi connectivity index (χ4v) is 1.72. The van der Waals surface area contributed by atoms with E-state index in [1.165, 1.54) is 0 Å². The van der Waals surface area contributed by atoms with Crippen LogP contribution in [0.15, 0.2) is 23.0 Å². The second-order valence-electron chi connectivity index (χ2n) is 5.03. The molecule has 1 heterocycles. The minimum Gasteiger partial charge on any atom is -0.472 e. The van der Waals surface area contributed by atoms with E-state index in [0.717, 1.165) is 18.7 Å². The first-order valence-corrected chi connectivity index (χ1v) is 6.16. The molecule has 0 aliphatic carbocycles. The van der Waals surface area contributed by atoms with Crippen LogP contribution in [-0.4, -0.2) is 42.8 Å². The predicted molar refractivity (Wildman–Crippen MR) is 68.8 cm³/mol. The summed E-state index contributed by atoms with van der Waals surface area (Å²) < 4.78 is 5.01. The van der Waals surface area contributed by atoms with E-state index in [4.69, 9.17) is 4.42 Å². The van der Waals surface area contributed by atoms with Crippen molar-refractivity contribution in [2.24, 2.45) is 5.92 Å². The molecule has 0 bridgehead atoms. The van der Waals surface area contributed by atoms with Gasteiger partial charge in [-0.15, -0.1) is 0 Å². The fourth-order valence-electron chi connectivity index (χ4n) is 1.72. The predicted octanol–water partition coefficient (Wildman–Crippen LogP) is 1.32. The Labute approximate surface area is 104 Å². The van der Waals surface area contributed by atoms with Gasteiger partial charge in [-0.2, -0.15) is 0 Å². The lowest BCUT2D eigenvalue weighted by Crippen LogP contribution is -2.37. The molecule has 0 amide bonds. The molecule has 0 spiro atoms. The molecule has 0 aromatic carbocycles. The van der Waals surface area contributed by atoms with Gasteiger partial charge in [0.2, 0.25) is 0 Å². The van der Waals surface area contributed by atoms with Gasteiger partial charge in [0, 0.05) is 25.2 Å². The third-order valence-electron chi connectivity index (χ3n) is 2.49. The van der Waals surface area contributed by atoms with Crippen LogP contribution in [0.2, 0.25) is 0 Å². The molecular formula is C13H24N2O2. The summed E-state index contributed by atoms with van der Waals surface area (Å²) in [5, 5.41) is 13.1. The van der Waals surface area contributed by atoms with Crippen molar-refractivity contribution in [3.8, 4) is 0 Å². The van der Waals surface area contributed by atoms with Crippen molar-refractivity contribution in [2.45, 2.75) is 26.5 Å². The number of likely N-dealkylation sites (N-methyl/N-ethyl adjacent to an activating group) is 1. The van der Waals surface area contributed by atoms with Gasteiger partial charge >= 0.3 is 0 Å². The average molecular weight is 240 g/mol. The van der Waals surface area contributed by atoms with Crippen LogP contribution in [0.3, 0.4) is 0 Å². The van der Waals surface area contributed by atoms with Crippen LogP contribution in [0.1, 0.15) is 19.4 Å². The quantitative estimate of drug-likeness (QED) is 0.719. The van der Waals surface area contributed by atoms with Gasteiger partial charge < -0.3 is 14.8 Å². The number of hydrogen-bond donors (Lipinski definition) is 2. The van der Waals surface area contributed by atoms with Gasteiger partial charge in [0.05, 0.1) is 18.6 Å². The molecule has 17 heavy (non-hydrogen) atoms. The Morgan fingerprint density at radius 1 is 1.41 bits per heavy atom. The molecule has 0 aliphatic rings. The zero-order valence-electron chi connectivity index (χ0n) is 11.0. The van der Waals surface area contributed by atoms with E-state index in [0.29, 0.717) is 19.0 Å². The highest BCUT2D eigenvalue weighted by molar-refractivity contribution is 5.04. The molecule has 1 aromatic heterocycles. The molecule has 0 aliphatic heterocycles. The second-order valence-corrected chi connectivity index (χ2v) is 5.03. The normalized spacial score (nSPS) is 13.5. The highest BCUT2D eigenvalue weighted by Gasteiger charge is 2.09. The van der Waals surface area contributed by atoms with Gasteiger partial charge in [0.15, 0.2) is 0 Å². The summed E-state index contributed by atoms with van der Waals surface area (Å²) in [5.41, 5.74) is 1.13. The standard InChI is InChI=1S/C13H24N2O2/c1-11(2)6-14-7-13(16)9-15(3)8-12-4-5-17-10-12/h4-5,10-11,13-14,16H,6-9H2,1-3H3. The van der Waals surface area contributed by atoms with Crippen molar-refractivity contribution in [3.05, 3.63) is 24.2 Å². The zero-order valence-corrected chi connectivity index (χ0v) is 11.0. The number of hydrogen-bond acceptors (Lipinski definition) is 4. The second kappa shape index (κ2) is 7.48. The maximum atomic E-state index is 9.83. The first kappa shape index (κ1) is 14.2. The van der Waals surface area contributed by atoms with Crippen LogP contribution < -0.4 is 5.32 Å². The topological polar surface area (TPSA) is 48.6 Å². The van der Waals surface area contributed by atoms with Crippen LogP contribution >= 0.6 is 0 Å². The Bertz CT molecular complexity index is 286. The SMILES string of the molecule is CC(C)CNCC(O)CN(C)Cc1ccoc1. The third kappa shape index (κ3) is 6.46. The van der Waals surface area contributed by atoms with Crippen molar-refractivity contribution in [1.29, 1.82) is 0 Å². The van der Waals surface area contributed by atoms with Gasteiger partial charge in [0.25, 0.3) is 0 Å². The summed E-state index contributed by atoms with van der Waals surface area (Å²) in [6.07, 6.45) is 3.08. The molecule has 4 nitrogen and oxygen atoms in total. The van der Waals surface area contributed by atoms with Crippen molar-refractivity contribution in [1.82, 2.24) is 10.2 Å². The van der Waals surface area contributed by atoms with Gasteiger partial charge in [0.1, 0.15) is 0 Å². The molecule has 1 aromatic rings. The lowest BCUT2D eigenvalue weighted by Gasteiger charge is -2.20. The fraction of sp³-hybridized carbons (Fsp3) is 0.692. The van der Waals surface area contributed by atoms with E-state index in [9.17, 15) is 5.11 Å². The number of furan rings is 1. The molecule has 2 N–H and O–H groups in total. The van der Waals surface area contributed by atoms with E-state index in [1.807, 2.05) is 13.1 Å². The van der Waals surface area contributed by atoms with Gasteiger partial charge in [-0.3, -0.25) is 4.90 Å². The maximum absolute atomic E-state index is 9.83. The number of nitrogens with one attached hydrogen (secondary N) is 1. The summed E-state index contributed by atoms with van der Waals surface area (Å²) in [6.45, 7) is 7.37. The molecular weight excluding hydrogens is 216 g/mol. The van der Waals surface area contributed by atoms with Crippen LogP contribution in [-0.2, 0) is 6.54 Å². The lowest BCUT2D eigenvalue weighted by molar-refractivity contribution is 0.120. The molecule has 0 saturated heterocycles. The third-order valence-corrected chi connectivity index (χ3v) is 2.49. The van der Waals surface area contributed by atoms with Gasteiger partial charge in [-0.1, -0.05) is 13.8 Å². The van der Waals surface area contributed by atoms with Crippen LogP contribution in [0.5, 0.6) is 0 Å². The van der Waals surface area contributed by atoms with Crippen LogP contribution in [0, 0.1) is 5.92 Å². The van der Waals surface area contributed by atoms with E-state index in [-0.39, 0.29) is 6.10 Å². The molecule has 1 atom stereocenters. The van der Waals surface area contributed by atoms with Crippen molar-refractivity contribution in [2.75, 3.05) is 26.7 Å². The molecule has 1 unspecified atom stereocenters. The lowest BCUT2D eigenvalue weighted by atomic mass is 10.2. The van der Waals surface area contributed by atoms with Gasteiger partial charge in [-0.05, 0) is 25.6 Å². The Balaban J connectivity index is 2.14. The zero-order chi connectivity index (χ0) is 12.7. The summed E-state index contributed by atoms with van der Waals surface area (Å²) >= 11 is 0. The van der Waals surface area contributed by atoms with E-state index < -0.39 is 0 Å². The van der Waals surface area contributed by atoms with Crippen molar-refractivity contribution < 1.29 is 9.52 Å². The molecule has 98 valence electrons. The summed E-state index contributed by atoms with van der Waals surface area (Å²) in [6, 6.07) is 1.94. The first-order chi connectivity index (χ1) is 8.08. The minimum absolute atomic E-state index is 0.328. The maximum Gasteiger partial charge on any atom is 0.0947 e. The molecule has 0 radical (unpaired) electrons. The van der Waals surface area contributed by atoms with Gasteiger partial charge in [-0.25, -0.2) is 0 Å². The van der Waals surface area contributed by atoms with E-state index >= 15 is 0 Å². The van der Waals surface area contributed by atoms with E-state index in [1.54, 1.807) is 12.5 Å². The molecule has 0 fully saturated rings. The number of rotatable bonds is 8. The first-order valence-electron chi connectivity index (χ1n) is 6.16. The smallest absolute Gasteiger partial charge is 0.0947 e. The largest absolute Gasteiger partial charge is 0.472 e. The Morgan fingerprint density at radius 2 is 2.18 bits per heavy atom. The number of aliphatic hydroxyl groups is 1. The summed E-state index contributed by atoms with van der Waals surface area (Å²) in [7, 11) is 2.00. The highest BCUT2D eigenvalue weighted by atomic mass is 16.3. The Kier molecular flexibility index (Phi) is 6.26. The Hall–Kier alpha value is -0.840. The molecule has 4 heteroatoms. The van der Waals surface area contributed by atoms with E-state index in [2.05, 4.69) is 24.1 Å². The minimum atomic E-state index is -0.328. The summed E-state index contributed by atoms with van der Waals surface area (Å²) in [5.74, 6) is 0.617. The molecule has 1 rings (SSSR count). The Morgan fingerprint density at radius 3 is 2.76 bits per heavy atom. The molecule has 0 saturated carbocycles. The number of nitrogens with zero attached hydrogens (tertiary/aromatic N) is 1. The van der Waals surface area contributed by atoms with Crippen molar-refractivity contribution >= 4 is 0 Å². The number of aliphatic hydroxyl groups excluding tert-OH is 1. The van der Waals surface area contributed by atoms with Crippen LogP contribution in [0.4, 0.5) is 0 Å². The van der Waals surface area contributed by atoms with Crippen LogP contribution in [0.25, 0.3) is 0 Å². The average Bonchev–Trinajstić information content (AvgIpc) is 2.69. The monoisotopic (exact) mass is 240 g/mol.